The van der Waals surface area contributed by atoms with E-state index >= 15 is 0 Å². The Balaban J connectivity index is 1.83. The van der Waals surface area contributed by atoms with Gasteiger partial charge in [-0.05, 0) is 41.8 Å². The molecule has 0 radical (unpaired) electrons. The third-order valence-electron chi connectivity index (χ3n) is 4.39. The molecule has 1 N–H and O–H groups in total. The van der Waals surface area contributed by atoms with Crippen molar-refractivity contribution in [1.29, 1.82) is 0 Å². The summed E-state index contributed by atoms with van der Waals surface area (Å²) in [5.74, 6) is -0.497. The number of rotatable bonds is 4. The van der Waals surface area contributed by atoms with Gasteiger partial charge in [0.15, 0.2) is 0 Å². The van der Waals surface area contributed by atoms with E-state index in [1.165, 1.54) is 20.3 Å². The van der Waals surface area contributed by atoms with Crippen LogP contribution in [0.1, 0.15) is 0 Å². The summed E-state index contributed by atoms with van der Waals surface area (Å²) in [5, 5.41) is 1.99. The quantitative estimate of drug-likeness (QED) is 0.663. The number of aromatic nitrogens is 2. The molecule has 8 heteroatoms. The Bertz CT molecular complexity index is 1170. The minimum Gasteiger partial charge on any atom is -0.465 e. The van der Waals surface area contributed by atoms with Gasteiger partial charge in [-0.1, -0.05) is 12.1 Å². The average molecular weight is 407 g/mol. The maximum atomic E-state index is 12.5. The number of H-pyrrole nitrogens is 1. The molecule has 0 unspecified atom stereocenters. The molecule has 0 atom stereocenters. The molecule has 146 valence electrons. The molecule has 0 saturated heterocycles. The van der Waals surface area contributed by atoms with Gasteiger partial charge in [0.2, 0.25) is 0 Å². The molecule has 7 nitrogen and oxygen atoms in total. The van der Waals surface area contributed by atoms with Gasteiger partial charge in [-0.2, -0.15) is 0 Å². The first-order valence-corrected chi connectivity index (χ1v) is 9.59. The molecule has 4 rings (SSSR count). The molecular formula is C21H17N3O4S. The van der Waals surface area contributed by atoms with E-state index in [9.17, 15) is 9.59 Å². The standard InChI is InChI=1S/C21H17N3O4S/c1-27-20(25)14-6-3-4-10-24(18(14)21(26)28-2)13-8-9-15-16(12-13)23-19(22-15)17-7-5-11-29-17/h3-12H,1-2H3,(H,22,23). The van der Waals surface area contributed by atoms with Crippen molar-refractivity contribution in [3.8, 4) is 10.7 Å². The number of fused-ring (bicyclic) bond motifs is 1. The number of imidazole rings is 1. The van der Waals surface area contributed by atoms with Gasteiger partial charge in [0.05, 0.1) is 35.7 Å². The van der Waals surface area contributed by atoms with Crippen molar-refractivity contribution in [3.63, 3.8) is 0 Å². The van der Waals surface area contributed by atoms with Gasteiger partial charge in [-0.3, -0.25) is 0 Å². The zero-order chi connectivity index (χ0) is 20.4. The van der Waals surface area contributed by atoms with E-state index in [4.69, 9.17) is 9.47 Å². The summed E-state index contributed by atoms with van der Waals surface area (Å²) in [6.45, 7) is 0. The number of thiophene rings is 1. The number of methoxy groups -OCH3 is 2. The van der Waals surface area contributed by atoms with Crippen molar-refractivity contribution in [2.45, 2.75) is 0 Å². The topological polar surface area (TPSA) is 84.5 Å². The lowest BCUT2D eigenvalue weighted by Gasteiger charge is -2.23. The molecule has 0 aliphatic carbocycles. The summed E-state index contributed by atoms with van der Waals surface area (Å²) in [6.07, 6.45) is 6.61. The van der Waals surface area contributed by atoms with Gasteiger partial charge in [0.25, 0.3) is 0 Å². The lowest BCUT2D eigenvalue weighted by molar-refractivity contribution is -0.139. The second-order valence-electron chi connectivity index (χ2n) is 6.08. The van der Waals surface area contributed by atoms with Crippen LogP contribution >= 0.6 is 11.3 Å². The van der Waals surface area contributed by atoms with Crippen molar-refractivity contribution in [2.75, 3.05) is 19.1 Å². The molecule has 0 fully saturated rings. The second kappa shape index (κ2) is 7.76. The van der Waals surface area contributed by atoms with Crippen LogP contribution in [0.4, 0.5) is 5.69 Å². The number of esters is 2. The van der Waals surface area contributed by atoms with E-state index in [0.717, 1.165) is 21.7 Å². The Morgan fingerprint density at radius 3 is 2.66 bits per heavy atom. The number of carbonyl (C=O) groups excluding carboxylic acids is 2. The third-order valence-corrected chi connectivity index (χ3v) is 5.26. The average Bonchev–Trinajstić information content (AvgIpc) is 3.37. The fraction of sp³-hybridized carbons (Fsp3) is 0.0952. The summed E-state index contributed by atoms with van der Waals surface area (Å²) in [5.41, 5.74) is 2.45. The predicted octanol–water partition coefficient (Wildman–Crippen LogP) is 3.78. The SMILES string of the molecule is COC(=O)C1=C(C(=O)OC)N(c2ccc3nc(-c4cccs4)[nH]c3c2)C=CC=C1. The number of aromatic amines is 1. The minimum atomic E-state index is -0.648. The Kier molecular flexibility index (Phi) is 5.01. The second-order valence-corrected chi connectivity index (χ2v) is 7.03. The number of nitrogens with one attached hydrogen (secondary N) is 1. The first kappa shape index (κ1) is 18.7. The normalized spacial score (nSPS) is 13.7. The molecule has 0 amide bonds. The van der Waals surface area contributed by atoms with Crippen LogP contribution in [-0.4, -0.2) is 36.1 Å². The number of carbonyl (C=O) groups is 2. The number of ether oxygens (including phenoxy) is 2. The Labute approximate surface area is 170 Å². The van der Waals surface area contributed by atoms with Crippen molar-refractivity contribution in [1.82, 2.24) is 9.97 Å². The lowest BCUT2D eigenvalue weighted by Crippen LogP contribution is -2.26. The number of hydrogen-bond donors (Lipinski definition) is 1. The molecule has 2 aromatic heterocycles. The van der Waals surface area contributed by atoms with Gasteiger partial charge >= 0.3 is 11.9 Å². The monoisotopic (exact) mass is 407 g/mol. The summed E-state index contributed by atoms with van der Waals surface area (Å²) in [4.78, 5) is 35.4. The molecule has 29 heavy (non-hydrogen) atoms. The Hall–Kier alpha value is -3.65. The number of allylic oxidation sites excluding steroid dienone is 2. The number of benzene rings is 1. The summed E-state index contributed by atoms with van der Waals surface area (Å²) in [7, 11) is 2.54. The van der Waals surface area contributed by atoms with E-state index in [1.54, 1.807) is 34.6 Å². The third kappa shape index (κ3) is 3.45. The Morgan fingerprint density at radius 1 is 1.10 bits per heavy atom. The number of hydrogen-bond acceptors (Lipinski definition) is 7. The van der Waals surface area contributed by atoms with E-state index in [-0.39, 0.29) is 11.3 Å². The molecular weight excluding hydrogens is 390 g/mol. The van der Waals surface area contributed by atoms with E-state index in [2.05, 4.69) is 9.97 Å². The fourth-order valence-corrected chi connectivity index (χ4v) is 3.71. The van der Waals surface area contributed by atoms with Gasteiger partial charge in [0, 0.05) is 11.9 Å². The van der Waals surface area contributed by atoms with Crippen LogP contribution in [0.2, 0.25) is 0 Å². The van der Waals surface area contributed by atoms with E-state index < -0.39 is 11.9 Å². The predicted molar refractivity (Wildman–Crippen MR) is 111 cm³/mol. The highest BCUT2D eigenvalue weighted by Gasteiger charge is 2.27. The first-order chi connectivity index (χ1) is 14.1. The van der Waals surface area contributed by atoms with Crippen LogP contribution in [0, 0.1) is 0 Å². The fourth-order valence-electron chi connectivity index (χ4n) is 3.04. The van der Waals surface area contributed by atoms with Crippen LogP contribution in [0.5, 0.6) is 0 Å². The molecule has 3 heterocycles. The van der Waals surface area contributed by atoms with Crippen LogP contribution in [0.15, 0.2) is 71.4 Å². The minimum absolute atomic E-state index is 0.0710. The van der Waals surface area contributed by atoms with Crippen molar-refractivity contribution in [2.24, 2.45) is 0 Å². The zero-order valence-corrected chi connectivity index (χ0v) is 16.5. The first-order valence-electron chi connectivity index (χ1n) is 8.71. The highest BCUT2D eigenvalue weighted by molar-refractivity contribution is 7.13. The highest BCUT2D eigenvalue weighted by atomic mass is 32.1. The van der Waals surface area contributed by atoms with Gasteiger partial charge in [-0.15, -0.1) is 11.3 Å². The van der Waals surface area contributed by atoms with Crippen LogP contribution in [0.3, 0.4) is 0 Å². The van der Waals surface area contributed by atoms with Gasteiger partial charge in [-0.25, -0.2) is 14.6 Å². The molecule has 0 bridgehead atoms. The highest BCUT2D eigenvalue weighted by Crippen LogP contribution is 2.30. The number of anilines is 1. The van der Waals surface area contributed by atoms with Crippen molar-refractivity contribution < 1.29 is 19.1 Å². The van der Waals surface area contributed by atoms with Crippen molar-refractivity contribution in [3.05, 3.63) is 71.4 Å². The van der Waals surface area contributed by atoms with Crippen LogP contribution in [-0.2, 0) is 19.1 Å². The van der Waals surface area contributed by atoms with E-state index in [1.807, 2.05) is 35.7 Å². The molecule has 1 aromatic carbocycles. The van der Waals surface area contributed by atoms with Crippen molar-refractivity contribution >= 4 is 40.0 Å². The summed E-state index contributed by atoms with van der Waals surface area (Å²) < 4.78 is 9.77. The lowest BCUT2D eigenvalue weighted by atomic mass is 10.1. The molecule has 0 spiro atoms. The number of nitrogens with zero attached hydrogens (tertiary/aromatic N) is 2. The van der Waals surface area contributed by atoms with Crippen LogP contribution in [0.25, 0.3) is 21.7 Å². The maximum absolute atomic E-state index is 12.5. The maximum Gasteiger partial charge on any atom is 0.355 e. The van der Waals surface area contributed by atoms with Gasteiger partial charge < -0.3 is 19.4 Å². The smallest absolute Gasteiger partial charge is 0.355 e. The van der Waals surface area contributed by atoms with Gasteiger partial charge in [0.1, 0.15) is 11.5 Å². The van der Waals surface area contributed by atoms with Crippen LogP contribution < -0.4 is 4.90 Å². The summed E-state index contributed by atoms with van der Waals surface area (Å²) >= 11 is 1.60. The van der Waals surface area contributed by atoms with E-state index in [0.29, 0.717) is 5.69 Å². The molecule has 0 saturated carbocycles. The molecule has 1 aliphatic rings. The molecule has 3 aromatic rings. The largest absolute Gasteiger partial charge is 0.465 e. The molecule has 1 aliphatic heterocycles. The zero-order valence-electron chi connectivity index (χ0n) is 15.7. The summed E-state index contributed by atoms with van der Waals surface area (Å²) in [6, 6.07) is 9.52. The Morgan fingerprint density at radius 2 is 1.93 bits per heavy atom.